The fourth-order valence-electron chi connectivity index (χ4n) is 10.6. The van der Waals surface area contributed by atoms with E-state index >= 15 is 0 Å². The molecule has 6 rings (SSSR count). The molecule has 4 saturated carbocycles. The van der Waals surface area contributed by atoms with E-state index in [1.165, 1.54) is 83.5 Å². The third-order valence-electron chi connectivity index (χ3n) is 18.5. The molecule has 0 saturated heterocycles. The van der Waals surface area contributed by atoms with Crippen LogP contribution in [0, 0.1) is 23.7 Å². The number of aryl methyl sites for hydroxylation is 2. The summed E-state index contributed by atoms with van der Waals surface area (Å²) in [6.45, 7) is 34.5. The van der Waals surface area contributed by atoms with Gasteiger partial charge in [-0.3, -0.25) is 4.79 Å². The Labute approximate surface area is 623 Å². The molecule has 4 aliphatic carbocycles. The molecule has 608 valence electrons. The Morgan fingerprint density at radius 1 is 0.485 bits per heavy atom. The highest BCUT2D eigenvalue weighted by Gasteiger charge is 2.50. The fourth-order valence-corrected chi connectivity index (χ4v) is 20.7. The van der Waals surface area contributed by atoms with Crippen molar-refractivity contribution < 1.29 is 74.4 Å². The Bertz CT molecular complexity index is 2070. The summed E-state index contributed by atoms with van der Waals surface area (Å²) >= 11 is 0. The second-order valence-electron chi connectivity index (χ2n) is 28.5. The number of aliphatic hydroxyl groups is 3. The first-order valence-corrected chi connectivity index (χ1v) is 50.2. The molecule has 0 radical (unpaired) electrons. The topological polar surface area (TPSA) is 172 Å². The van der Waals surface area contributed by atoms with Gasteiger partial charge in [0.2, 0.25) is 0 Å². The van der Waals surface area contributed by atoms with Gasteiger partial charge in [0.25, 0.3) is 0 Å². The smallest absolute Gasteiger partial charge is 0.416 e. The average molecular weight is 1540 g/mol. The van der Waals surface area contributed by atoms with Crippen molar-refractivity contribution in [3.63, 3.8) is 0 Å². The number of benzene rings is 2. The van der Waals surface area contributed by atoms with Crippen LogP contribution in [0.25, 0.3) is 0 Å². The van der Waals surface area contributed by atoms with Crippen LogP contribution in [0.15, 0.2) is 48.5 Å². The van der Waals surface area contributed by atoms with Crippen LogP contribution in [-0.4, -0.2) is 157 Å². The van der Waals surface area contributed by atoms with Crippen LogP contribution in [0.5, 0.6) is 11.5 Å². The van der Waals surface area contributed by atoms with Gasteiger partial charge in [0, 0.05) is 56.2 Å². The maximum atomic E-state index is 11.6. The first-order chi connectivity index (χ1) is 39.8. The van der Waals surface area contributed by atoms with Crippen LogP contribution < -0.4 is 4.74 Å². The van der Waals surface area contributed by atoms with Crippen LogP contribution in [0.2, 0.25) is 114 Å². The number of carbonyl (C=O) groups excluding carboxylic acids is 1. The molecule has 0 spiro atoms. The van der Waals surface area contributed by atoms with Gasteiger partial charge >= 0.3 is 12.1 Å². The molecule has 2 aromatic carbocycles. The monoisotopic (exact) mass is 1540 g/mol. The minimum absolute atomic E-state index is 0. The molecule has 7 unspecified atom stereocenters. The van der Waals surface area contributed by atoms with E-state index in [0.717, 1.165) is 97.3 Å². The molecule has 4 fully saturated rings. The summed E-state index contributed by atoms with van der Waals surface area (Å²) in [5.41, 5.74) is 1.51. The molecule has 4 bridgehead atoms. The van der Waals surface area contributed by atoms with Gasteiger partial charge in [0.1, 0.15) is 11.5 Å². The van der Waals surface area contributed by atoms with Crippen LogP contribution in [0.4, 0.5) is 13.2 Å². The van der Waals surface area contributed by atoms with E-state index in [0.29, 0.717) is 12.4 Å². The zero-order valence-electron chi connectivity index (χ0n) is 59.4. The van der Waals surface area contributed by atoms with Gasteiger partial charge in [-0.15, -0.1) is 0 Å². The number of aromatic hydroxyl groups is 1. The van der Waals surface area contributed by atoms with Crippen molar-refractivity contribution in [1.82, 2.24) is 0 Å². The molecular weight excluding hydrogens is 1360 g/mol. The molecule has 4 N–H and O–H groups in total. The minimum atomic E-state index is -4.50. The number of phenolic OH excluding ortho intramolecular Hbond substituents is 1. The largest absolute Gasteiger partial charge is 0.508 e. The lowest BCUT2D eigenvalue weighted by Gasteiger charge is -2.33. The molecular formula is C77H177F3O13Si6. The molecule has 4 aliphatic rings. The van der Waals surface area contributed by atoms with Crippen molar-refractivity contribution in [1.29, 1.82) is 0 Å². The predicted molar refractivity (Wildman–Crippen MR) is 451 cm³/mol. The summed E-state index contributed by atoms with van der Waals surface area (Å²) < 4.78 is 77.0. The number of fused-ring (bicyclic) bond motifs is 4. The van der Waals surface area contributed by atoms with Crippen LogP contribution in [0.3, 0.4) is 0 Å². The number of halogens is 3. The molecule has 99 heavy (non-hydrogen) atoms. The van der Waals surface area contributed by atoms with E-state index in [-0.39, 0.29) is 102 Å². The molecule has 0 aliphatic heterocycles. The van der Waals surface area contributed by atoms with Crippen molar-refractivity contribution >= 4 is 55.9 Å². The van der Waals surface area contributed by atoms with Gasteiger partial charge < -0.3 is 56.5 Å². The van der Waals surface area contributed by atoms with E-state index in [2.05, 4.69) is 95.4 Å². The normalized spacial score (nSPS) is 18.0. The number of rotatable bonds is 22. The number of ether oxygens (including phenoxy) is 2. The summed E-state index contributed by atoms with van der Waals surface area (Å²) in [4.78, 5) is 9.59. The van der Waals surface area contributed by atoms with Gasteiger partial charge in [-0.1, -0.05) is 146 Å². The number of methoxy groups -OCH3 is 2. The number of aliphatic hydroxyl groups excluding tert-OH is 1. The Balaban J connectivity index is -0.0000000691. The zero-order valence-corrected chi connectivity index (χ0v) is 65.4. The lowest BCUT2D eigenvalue weighted by molar-refractivity contribution is -0.253. The Morgan fingerprint density at radius 3 is 1.00 bits per heavy atom. The molecule has 0 heterocycles. The molecule has 0 amide bonds. The summed E-state index contributed by atoms with van der Waals surface area (Å²) in [5.74, 6) is 5.22. The molecule has 0 aromatic heterocycles. The van der Waals surface area contributed by atoms with Gasteiger partial charge in [0.05, 0.1) is 19.8 Å². The van der Waals surface area contributed by atoms with E-state index in [1.54, 1.807) is 40.6 Å². The minimum Gasteiger partial charge on any atom is -0.508 e. The maximum Gasteiger partial charge on any atom is 0.416 e. The number of phenols is 1. The summed E-state index contributed by atoms with van der Waals surface area (Å²) in [7, 11) is 5.75. The number of hydrogen-bond donors (Lipinski definition) is 4. The van der Waals surface area contributed by atoms with E-state index in [9.17, 15) is 23.1 Å². The maximum absolute atomic E-state index is 11.6. The lowest BCUT2D eigenvalue weighted by Crippen LogP contribution is -2.41. The second-order valence-corrected chi connectivity index (χ2v) is 54.9. The number of esters is 1. The highest BCUT2D eigenvalue weighted by Crippen LogP contribution is 2.56. The Hall–Kier alpha value is -1.76. The first kappa shape index (κ1) is 130. The zero-order chi connectivity index (χ0) is 67.9. The molecule has 22 heteroatoms. The SMILES string of the molecule is C.C.C.C.C.C.C.C.C.C.C.C.CCC(C)(O)C(F)(F)F.COC(C)=O.CO[Si](C)(C)C1CC2CCC1C2.CO[Si](C)(C)C1CC2CCC1C2.CO[Si](C)(C)CCC(C)(C)O.CO[Si](C)(C)CCCO.CO[Si](C)(C)CCc1ccc(O)cc1.COc1ccc(CC[Si](C)(C)OC)cc1. The highest BCUT2D eigenvalue weighted by atomic mass is 28.4. The predicted octanol–water partition coefficient (Wildman–Crippen LogP) is 24.7. The van der Waals surface area contributed by atoms with E-state index in [1.807, 2.05) is 59.4 Å². The van der Waals surface area contributed by atoms with Gasteiger partial charge in [-0.25, -0.2) is 0 Å². The van der Waals surface area contributed by atoms with E-state index in [4.69, 9.17) is 46.6 Å². The van der Waals surface area contributed by atoms with Crippen LogP contribution >= 0.6 is 0 Å². The van der Waals surface area contributed by atoms with Crippen LogP contribution in [-0.2, 0) is 48.9 Å². The van der Waals surface area contributed by atoms with Gasteiger partial charge in [-0.05, 0) is 251 Å². The van der Waals surface area contributed by atoms with Gasteiger partial charge in [0.15, 0.2) is 55.5 Å². The number of alkyl halides is 3. The Kier molecular flexibility index (Phi) is 80.6. The van der Waals surface area contributed by atoms with Crippen molar-refractivity contribution in [2.75, 3.05) is 63.5 Å². The van der Waals surface area contributed by atoms with Gasteiger partial charge in [-0.2, -0.15) is 13.2 Å². The third kappa shape index (κ3) is 57.2. The first-order valence-electron chi connectivity index (χ1n) is 31.7. The summed E-state index contributed by atoms with van der Waals surface area (Å²) in [6, 6.07) is 20.0. The molecule has 2 aromatic rings. The number of carbonyl (C=O) groups is 1. The summed E-state index contributed by atoms with van der Waals surface area (Å²) in [6.07, 6.45) is 11.1. The highest BCUT2D eigenvalue weighted by molar-refractivity contribution is 6.73. The number of hydrogen-bond acceptors (Lipinski definition) is 13. The second kappa shape index (κ2) is 61.4. The summed E-state index contributed by atoms with van der Waals surface area (Å²) in [5, 5.41) is 35.6. The Morgan fingerprint density at radius 2 is 0.788 bits per heavy atom. The fraction of sp³-hybridized carbons (Fsp3) is 0.831. The van der Waals surface area contributed by atoms with Crippen molar-refractivity contribution in [3.05, 3.63) is 59.7 Å². The molecule has 7 atom stereocenters. The third-order valence-corrected chi connectivity index (χ3v) is 35.9. The van der Waals surface area contributed by atoms with Crippen molar-refractivity contribution in [2.24, 2.45) is 23.7 Å². The quantitative estimate of drug-likeness (QED) is 0.0649. The lowest BCUT2D eigenvalue weighted by atomic mass is 10.0. The average Bonchev–Trinajstić information content (AvgIpc) is 1.66. The van der Waals surface area contributed by atoms with Crippen molar-refractivity contribution in [2.45, 2.75) is 338 Å². The van der Waals surface area contributed by atoms with Crippen molar-refractivity contribution in [3.8, 4) is 11.5 Å². The standard InChI is InChI=1S/C12H20O2Si.C11H18O2Si.2C10H20OSi.C8H20O2Si.C6H16O2Si.C5H9F3O.C3H6O2.12CH4/c1-13-12-7-5-11(6-8-12)9-10-15(3,4)14-2;1-13-14(2,3)9-8-10-4-6-11(12)7-5-10;2*1-11-12(2,3)10-7-8-4-5-9(10)6-8;1-8(2,9)6-7-11(4,5)10-3;1-8-9(2,3)6-4-5-7;1-3-4(2,9)5(6,7)8;1-3(4)5-2;;;;;;;;;;;;/h5-8H,9-10H2,1-4H3;4-7,12H,8-9H2,1-3H3;2*8-10H,4-7H2,1-3H3;9H,6-7H2,1-5H3;7H,4-6H2,1-3H3;9H,3H2,1-2H3;1-2H3;12*1H4. The van der Waals surface area contributed by atoms with E-state index < -0.39 is 67.3 Å². The molecule has 13 nitrogen and oxygen atoms in total. The van der Waals surface area contributed by atoms with Crippen LogP contribution in [0.1, 0.15) is 205 Å².